The molecule has 56 heavy (non-hydrogen) atoms. The third-order valence-electron chi connectivity index (χ3n) is 10.3. The Bertz CT molecular complexity index is 2130. The van der Waals surface area contributed by atoms with Crippen LogP contribution < -0.4 is 27.4 Å². The number of carbonyl (C=O) groups is 4. The summed E-state index contributed by atoms with van der Waals surface area (Å²) in [4.78, 5) is 65.2. The molecule has 4 aromatic rings. The minimum Gasteiger partial charge on any atom is -0.370 e. The Morgan fingerprint density at radius 2 is 1.86 bits per heavy atom. The topological polar surface area (TPSA) is 188 Å². The van der Waals surface area contributed by atoms with Gasteiger partial charge in [0.15, 0.2) is 0 Å². The van der Waals surface area contributed by atoms with Crippen LogP contribution in [0.25, 0.3) is 16.5 Å². The highest BCUT2D eigenvalue weighted by molar-refractivity contribution is 7.99. The highest BCUT2D eigenvalue weighted by atomic mass is 35.5. The summed E-state index contributed by atoms with van der Waals surface area (Å²) in [6.45, 7) is 0.786. The molecule has 1 aliphatic heterocycles. The van der Waals surface area contributed by atoms with E-state index in [1.54, 1.807) is 13.2 Å². The SMILES string of the molecule is CN1C(=O)[C@H](CCCCN)NC(=O)[C@H](CCC(N)=O)NCc2cccnc2Sc2c(Cl)cc(C3=CC=CCC3)cc2CNC(=O)[C@@H]1Cc1c[nH]c2ccccc12. The summed E-state index contributed by atoms with van der Waals surface area (Å²) >= 11 is 8.49. The zero-order valence-corrected chi connectivity index (χ0v) is 33.1. The van der Waals surface area contributed by atoms with Gasteiger partial charge in [-0.3, -0.25) is 19.2 Å². The number of primary amides is 1. The van der Waals surface area contributed by atoms with Gasteiger partial charge in [0.2, 0.25) is 23.6 Å². The lowest BCUT2D eigenvalue weighted by atomic mass is 9.96. The fraction of sp³-hybridized carbons (Fsp3) is 0.357. The lowest BCUT2D eigenvalue weighted by Gasteiger charge is -2.32. The number of fused-ring (bicyclic) bond motifs is 3. The highest BCUT2D eigenvalue weighted by Crippen LogP contribution is 2.40. The first-order valence-corrected chi connectivity index (χ1v) is 20.2. The number of unbranched alkanes of at least 4 members (excludes halogenated alkanes) is 1. The minimum atomic E-state index is -0.963. The van der Waals surface area contributed by atoms with Gasteiger partial charge in [0.05, 0.1) is 11.1 Å². The molecule has 0 saturated heterocycles. The van der Waals surface area contributed by atoms with E-state index in [0.29, 0.717) is 35.9 Å². The Balaban J connectivity index is 1.44. The highest BCUT2D eigenvalue weighted by Gasteiger charge is 2.34. The van der Waals surface area contributed by atoms with Gasteiger partial charge in [0.1, 0.15) is 17.1 Å². The maximum atomic E-state index is 14.5. The van der Waals surface area contributed by atoms with E-state index in [1.165, 1.54) is 16.7 Å². The molecule has 4 amide bonds. The number of carbonyl (C=O) groups excluding carboxylic acids is 4. The second kappa shape index (κ2) is 19.3. The van der Waals surface area contributed by atoms with Gasteiger partial charge in [0.25, 0.3) is 0 Å². The number of H-pyrrole nitrogens is 1. The van der Waals surface area contributed by atoms with Gasteiger partial charge >= 0.3 is 0 Å². The van der Waals surface area contributed by atoms with Crippen molar-refractivity contribution in [2.45, 2.75) is 92.5 Å². The number of pyridine rings is 1. The fourth-order valence-electron chi connectivity index (χ4n) is 7.15. The minimum absolute atomic E-state index is 0.0458. The van der Waals surface area contributed by atoms with Crippen LogP contribution in [0.3, 0.4) is 0 Å². The van der Waals surface area contributed by atoms with Crippen LogP contribution in [0.5, 0.6) is 0 Å². The van der Waals surface area contributed by atoms with Gasteiger partial charge in [-0.25, -0.2) is 4.98 Å². The number of aromatic amines is 1. The van der Waals surface area contributed by atoms with Crippen LogP contribution in [0.4, 0.5) is 0 Å². The number of para-hydroxylation sites is 1. The summed E-state index contributed by atoms with van der Waals surface area (Å²) < 4.78 is 0. The predicted octanol–water partition coefficient (Wildman–Crippen LogP) is 5.14. The Morgan fingerprint density at radius 1 is 1.02 bits per heavy atom. The zero-order valence-electron chi connectivity index (χ0n) is 31.5. The van der Waals surface area contributed by atoms with Crippen molar-refractivity contribution in [3.63, 3.8) is 0 Å². The van der Waals surface area contributed by atoms with Gasteiger partial charge in [-0.15, -0.1) is 0 Å². The van der Waals surface area contributed by atoms with Crippen molar-refractivity contribution in [2.24, 2.45) is 11.5 Å². The summed E-state index contributed by atoms with van der Waals surface area (Å²) in [5.74, 6) is -1.79. The molecule has 2 aliphatic rings. The first-order valence-electron chi connectivity index (χ1n) is 19.0. The maximum Gasteiger partial charge on any atom is 0.245 e. The third-order valence-corrected chi connectivity index (χ3v) is 12.0. The van der Waals surface area contributed by atoms with E-state index in [1.807, 2.05) is 54.7 Å². The van der Waals surface area contributed by atoms with E-state index in [9.17, 15) is 19.2 Å². The molecule has 12 nitrogen and oxygen atoms in total. The third kappa shape index (κ3) is 10.1. The molecule has 0 fully saturated rings. The van der Waals surface area contributed by atoms with Crippen molar-refractivity contribution < 1.29 is 19.2 Å². The number of nitrogens with zero attached hydrogens (tertiary/aromatic N) is 2. The molecule has 2 aromatic heterocycles. The molecule has 3 atom stereocenters. The molecule has 2 aromatic carbocycles. The molecule has 1 aliphatic carbocycles. The Morgan fingerprint density at radius 3 is 2.64 bits per heavy atom. The number of nitrogens with one attached hydrogen (secondary N) is 4. The summed E-state index contributed by atoms with van der Waals surface area (Å²) in [7, 11) is 1.60. The second-order valence-corrected chi connectivity index (χ2v) is 15.6. The largest absolute Gasteiger partial charge is 0.370 e. The molecule has 14 heteroatoms. The zero-order chi connectivity index (χ0) is 39.6. The van der Waals surface area contributed by atoms with Crippen molar-refractivity contribution in [2.75, 3.05) is 13.6 Å². The Labute approximate surface area is 336 Å². The number of allylic oxidation sites excluding steroid dienone is 4. The molecule has 294 valence electrons. The average Bonchev–Trinajstić information content (AvgIpc) is 3.62. The number of hydrogen-bond donors (Lipinski definition) is 6. The Kier molecular flexibility index (Phi) is 14.0. The van der Waals surface area contributed by atoms with E-state index in [4.69, 9.17) is 28.1 Å². The van der Waals surface area contributed by atoms with Crippen molar-refractivity contribution >= 4 is 63.5 Å². The average molecular weight is 797 g/mol. The van der Waals surface area contributed by atoms with Crippen LogP contribution in [-0.4, -0.2) is 70.2 Å². The van der Waals surface area contributed by atoms with E-state index in [-0.39, 0.29) is 38.3 Å². The molecule has 0 unspecified atom stereocenters. The number of halogens is 1. The van der Waals surface area contributed by atoms with Crippen molar-refractivity contribution in [3.05, 3.63) is 106 Å². The van der Waals surface area contributed by atoms with Crippen LogP contribution in [0.1, 0.15) is 67.2 Å². The van der Waals surface area contributed by atoms with E-state index < -0.39 is 35.8 Å². The lowest BCUT2D eigenvalue weighted by molar-refractivity contribution is -0.142. The molecular weight excluding hydrogens is 748 g/mol. The number of rotatable bonds is 10. The van der Waals surface area contributed by atoms with Gasteiger partial charge in [-0.1, -0.05) is 65.9 Å². The number of aromatic nitrogens is 2. The number of hydrogen-bond acceptors (Lipinski definition) is 8. The number of nitrogens with two attached hydrogens (primary N) is 2. The Hall–Kier alpha value is -4.95. The predicted molar refractivity (Wildman–Crippen MR) is 220 cm³/mol. The molecule has 6 rings (SSSR count). The fourth-order valence-corrected chi connectivity index (χ4v) is 8.51. The molecule has 8 N–H and O–H groups in total. The number of likely N-dealkylation sites (N-methyl/N-ethyl adjacent to an activating group) is 1. The van der Waals surface area contributed by atoms with E-state index in [2.05, 4.69) is 39.2 Å². The molecule has 0 radical (unpaired) electrons. The standard InChI is InChI=1S/C42H49ClN8O4S/c1-51-36(22-29-24-47-33-14-6-5-13-31(29)33)40(54)49-25-30-20-28(26-10-3-2-4-11-26)21-32(43)38(30)56-41-27(12-9-19-46-41)23-48-34(16-17-37(45)52)39(53)50-35(42(51)55)15-7-8-18-44/h2-3,5-6,9-10,12-14,19-21,24,34-36,47-48H,4,7-8,11,15-18,22-23,25,44H2,1H3,(H2,45,52)(H,49,54)(H,50,53)/t34-,35-,36-/m0/s1. The monoisotopic (exact) mass is 796 g/mol. The maximum absolute atomic E-state index is 14.5. The van der Waals surface area contributed by atoms with E-state index >= 15 is 0 Å². The first-order chi connectivity index (χ1) is 27.1. The molecule has 0 bridgehead atoms. The van der Waals surface area contributed by atoms with Crippen LogP contribution in [-0.2, 0) is 38.7 Å². The normalized spacial score (nSPS) is 19.8. The lowest BCUT2D eigenvalue weighted by Crippen LogP contribution is -2.57. The van der Waals surface area contributed by atoms with Crippen LogP contribution in [0, 0.1) is 0 Å². The van der Waals surface area contributed by atoms with Gasteiger partial charge in [-0.05, 0) is 97.2 Å². The summed E-state index contributed by atoms with van der Waals surface area (Å²) in [6.07, 6.45) is 13.4. The summed E-state index contributed by atoms with van der Waals surface area (Å²) in [5, 5.41) is 11.5. The summed E-state index contributed by atoms with van der Waals surface area (Å²) in [5.41, 5.74) is 16.8. The molecular formula is C42H49ClN8O4S. The molecule has 3 heterocycles. The van der Waals surface area contributed by atoms with Gasteiger partial charge < -0.3 is 37.3 Å². The van der Waals surface area contributed by atoms with Crippen molar-refractivity contribution in [3.8, 4) is 0 Å². The number of amides is 4. The van der Waals surface area contributed by atoms with Crippen LogP contribution in [0.15, 0.2) is 89.1 Å². The number of benzene rings is 2. The van der Waals surface area contributed by atoms with E-state index in [0.717, 1.165) is 56.5 Å². The van der Waals surface area contributed by atoms with Crippen molar-refractivity contribution in [1.29, 1.82) is 0 Å². The molecule has 0 spiro atoms. The van der Waals surface area contributed by atoms with Gasteiger partial charge in [-0.2, -0.15) is 0 Å². The first kappa shape index (κ1) is 40.7. The molecule has 0 saturated carbocycles. The van der Waals surface area contributed by atoms with Crippen molar-refractivity contribution in [1.82, 2.24) is 30.8 Å². The van der Waals surface area contributed by atoms with Crippen LogP contribution in [0.2, 0.25) is 5.02 Å². The van der Waals surface area contributed by atoms with Crippen LogP contribution >= 0.6 is 23.4 Å². The van der Waals surface area contributed by atoms with Gasteiger partial charge in [0, 0.05) is 61.2 Å². The summed E-state index contributed by atoms with van der Waals surface area (Å²) in [6, 6.07) is 12.8. The second-order valence-electron chi connectivity index (χ2n) is 14.2. The quantitative estimate of drug-likeness (QED) is 0.119. The smallest absolute Gasteiger partial charge is 0.245 e.